The average molecular weight is 283 g/mol. The Morgan fingerprint density at radius 1 is 1.30 bits per heavy atom. The number of hydrogen-bond acceptors (Lipinski definition) is 4. The topological polar surface area (TPSA) is 83.8 Å². The van der Waals surface area contributed by atoms with Gasteiger partial charge in [-0.3, -0.25) is 19.7 Å². The second-order valence-corrected chi connectivity index (χ2v) is 4.37. The van der Waals surface area contributed by atoms with E-state index in [-0.39, 0.29) is 18.0 Å². The third-order valence-corrected chi connectivity index (χ3v) is 2.61. The van der Waals surface area contributed by atoms with Gasteiger partial charge < -0.3 is 9.80 Å². The van der Waals surface area contributed by atoms with Crippen molar-refractivity contribution in [3.63, 3.8) is 0 Å². The van der Waals surface area contributed by atoms with E-state index in [9.17, 15) is 24.1 Å². The number of nitro groups is 1. The maximum absolute atomic E-state index is 13.4. The van der Waals surface area contributed by atoms with E-state index < -0.39 is 22.3 Å². The van der Waals surface area contributed by atoms with E-state index in [2.05, 4.69) is 0 Å². The van der Waals surface area contributed by atoms with Crippen molar-refractivity contribution in [1.29, 1.82) is 0 Å². The summed E-state index contributed by atoms with van der Waals surface area (Å²) < 4.78 is 13.4. The van der Waals surface area contributed by atoms with Crippen LogP contribution in [0.25, 0.3) is 0 Å². The minimum Gasteiger partial charge on any atom is -0.347 e. The molecule has 0 aliphatic heterocycles. The largest absolute Gasteiger partial charge is 0.347 e. The van der Waals surface area contributed by atoms with Crippen LogP contribution in [0.3, 0.4) is 0 Å². The first-order valence-electron chi connectivity index (χ1n) is 5.63. The molecule has 0 atom stereocenters. The highest BCUT2D eigenvalue weighted by atomic mass is 19.1. The van der Waals surface area contributed by atoms with E-state index >= 15 is 0 Å². The van der Waals surface area contributed by atoms with Crippen LogP contribution in [-0.4, -0.2) is 54.2 Å². The highest BCUT2D eigenvalue weighted by Crippen LogP contribution is 2.18. The molecule has 108 valence electrons. The molecule has 1 rings (SSSR count). The van der Waals surface area contributed by atoms with Crippen molar-refractivity contribution >= 4 is 17.5 Å². The maximum atomic E-state index is 13.4. The quantitative estimate of drug-likeness (QED) is 0.607. The molecule has 0 saturated heterocycles. The molecule has 0 spiro atoms. The highest BCUT2D eigenvalue weighted by Gasteiger charge is 2.20. The molecule has 0 unspecified atom stereocenters. The zero-order valence-corrected chi connectivity index (χ0v) is 11.3. The number of likely N-dealkylation sites (N-methyl/N-ethyl adjacent to an activating group) is 2. The van der Waals surface area contributed by atoms with Crippen molar-refractivity contribution in [3.8, 4) is 0 Å². The van der Waals surface area contributed by atoms with Crippen molar-refractivity contribution in [2.24, 2.45) is 0 Å². The smallest absolute Gasteiger partial charge is 0.304 e. The van der Waals surface area contributed by atoms with Crippen LogP contribution >= 0.6 is 0 Å². The zero-order chi connectivity index (χ0) is 15.4. The van der Waals surface area contributed by atoms with Crippen molar-refractivity contribution in [3.05, 3.63) is 39.7 Å². The van der Waals surface area contributed by atoms with Gasteiger partial charge in [-0.15, -0.1) is 0 Å². The van der Waals surface area contributed by atoms with Gasteiger partial charge in [0, 0.05) is 32.8 Å². The molecule has 0 saturated carbocycles. The maximum Gasteiger partial charge on any atom is 0.304 e. The summed E-state index contributed by atoms with van der Waals surface area (Å²) in [5.41, 5.74) is -0.754. The Hall–Kier alpha value is -2.51. The number of nitrogens with zero attached hydrogens (tertiary/aromatic N) is 3. The fourth-order valence-electron chi connectivity index (χ4n) is 1.42. The lowest BCUT2D eigenvalue weighted by molar-refractivity contribution is -0.387. The van der Waals surface area contributed by atoms with E-state index in [1.54, 1.807) is 14.1 Å². The monoisotopic (exact) mass is 283 g/mol. The average Bonchev–Trinajstić information content (AvgIpc) is 2.36. The summed E-state index contributed by atoms with van der Waals surface area (Å²) in [5.74, 6) is -1.97. The van der Waals surface area contributed by atoms with E-state index in [0.717, 1.165) is 23.1 Å². The van der Waals surface area contributed by atoms with Gasteiger partial charge in [-0.05, 0) is 12.1 Å². The molecule has 0 aliphatic rings. The minimum atomic E-state index is -1.09. The Morgan fingerprint density at radius 2 is 1.90 bits per heavy atom. The standard InChI is InChI=1S/C12H14FN3O4/c1-14(2)11(17)7-15(3)12(18)8-4-5-10(16(19)20)9(13)6-8/h4-6H,7H2,1-3H3. The summed E-state index contributed by atoms with van der Waals surface area (Å²) in [6.45, 7) is -0.162. The Morgan fingerprint density at radius 3 is 2.35 bits per heavy atom. The molecule has 0 aromatic heterocycles. The van der Waals surface area contributed by atoms with Gasteiger partial charge in [0.2, 0.25) is 11.7 Å². The number of nitro benzene ring substituents is 1. The van der Waals surface area contributed by atoms with Gasteiger partial charge in [-0.1, -0.05) is 0 Å². The number of carbonyl (C=O) groups is 2. The lowest BCUT2D eigenvalue weighted by Crippen LogP contribution is -2.37. The van der Waals surface area contributed by atoms with E-state index in [1.807, 2.05) is 0 Å². The van der Waals surface area contributed by atoms with Gasteiger partial charge in [0.05, 0.1) is 11.5 Å². The van der Waals surface area contributed by atoms with Gasteiger partial charge in [0.1, 0.15) is 0 Å². The van der Waals surface area contributed by atoms with Crippen LogP contribution in [-0.2, 0) is 4.79 Å². The van der Waals surface area contributed by atoms with Crippen LogP contribution in [0.15, 0.2) is 18.2 Å². The van der Waals surface area contributed by atoms with Crippen LogP contribution in [0, 0.1) is 15.9 Å². The lowest BCUT2D eigenvalue weighted by atomic mass is 10.1. The summed E-state index contributed by atoms with van der Waals surface area (Å²) in [5, 5.41) is 10.5. The second kappa shape index (κ2) is 6.09. The van der Waals surface area contributed by atoms with Crippen molar-refractivity contribution in [2.75, 3.05) is 27.7 Å². The molecule has 7 nitrogen and oxygen atoms in total. The predicted octanol–water partition coefficient (Wildman–Crippen LogP) is 0.894. The molecule has 1 aromatic carbocycles. The number of benzene rings is 1. The summed E-state index contributed by atoms with van der Waals surface area (Å²) in [6, 6.07) is 2.86. The molecule has 0 aliphatic carbocycles. The first-order chi connectivity index (χ1) is 9.23. The lowest BCUT2D eigenvalue weighted by Gasteiger charge is -2.19. The minimum absolute atomic E-state index is 0.0536. The van der Waals surface area contributed by atoms with Crippen LogP contribution < -0.4 is 0 Å². The Labute approximate surface area is 114 Å². The zero-order valence-electron chi connectivity index (χ0n) is 11.3. The van der Waals surface area contributed by atoms with Crippen LogP contribution in [0.5, 0.6) is 0 Å². The molecule has 0 heterocycles. The first-order valence-corrected chi connectivity index (χ1v) is 5.63. The van der Waals surface area contributed by atoms with Crippen molar-refractivity contribution in [1.82, 2.24) is 9.80 Å². The van der Waals surface area contributed by atoms with Crippen LogP contribution in [0.2, 0.25) is 0 Å². The molecule has 20 heavy (non-hydrogen) atoms. The van der Waals surface area contributed by atoms with Crippen molar-refractivity contribution in [2.45, 2.75) is 0 Å². The van der Waals surface area contributed by atoms with Crippen LogP contribution in [0.1, 0.15) is 10.4 Å². The molecule has 0 radical (unpaired) electrons. The molecule has 0 fully saturated rings. The fourth-order valence-corrected chi connectivity index (χ4v) is 1.42. The summed E-state index contributed by atoms with van der Waals surface area (Å²) in [4.78, 5) is 35.5. The molecule has 8 heteroatoms. The normalized spacial score (nSPS) is 10.0. The van der Waals surface area contributed by atoms with Crippen LogP contribution in [0.4, 0.5) is 10.1 Å². The number of rotatable bonds is 4. The molecule has 0 bridgehead atoms. The molecular formula is C12H14FN3O4. The number of hydrogen-bond donors (Lipinski definition) is 0. The Bertz CT molecular complexity index is 560. The van der Waals surface area contributed by atoms with Gasteiger partial charge in [0.15, 0.2) is 0 Å². The summed E-state index contributed by atoms with van der Waals surface area (Å²) in [6.07, 6.45) is 0. The number of halogens is 1. The Balaban J connectivity index is 2.90. The Kier molecular flexibility index (Phi) is 4.73. The van der Waals surface area contributed by atoms with Gasteiger partial charge >= 0.3 is 5.69 Å². The van der Waals surface area contributed by atoms with E-state index in [1.165, 1.54) is 11.9 Å². The van der Waals surface area contributed by atoms with Crippen molar-refractivity contribution < 1.29 is 18.9 Å². The molecule has 2 amide bonds. The number of carbonyl (C=O) groups excluding carboxylic acids is 2. The van der Waals surface area contributed by atoms with Gasteiger partial charge in [-0.25, -0.2) is 0 Å². The fraction of sp³-hybridized carbons (Fsp3) is 0.333. The summed E-state index contributed by atoms with van der Waals surface area (Å²) >= 11 is 0. The SMILES string of the molecule is CN(C)C(=O)CN(C)C(=O)c1ccc([N+](=O)[O-])c(F)c1. The first kappa shape index (κ1) is 15.5. The molecular weight excluding hydrogens is 269 g/mol. The number of amides is 2. The summed E-state index contributed by atoms with van der Waals surface area (Å²) in [7, 11) is 4.49. The third kappa shape index (κ3) is 3.50. The van der Waals surface area contributed by atoms with E-state index in [0.29, 0.717) is 0 Å². The van der Waals surface area contributed by atoms with Gasteiger partial charge in [-0.2, -0.15) is 4.39 Å². The molecule has 1 aromatic rings. The third-order valence-electron chi connectivity index (χ3n) is 2.61. The van der Waals surface area contributed by atoms with Gasteiger partial charge in [0.25, 0.3) is 5.91 Å². The van der Waals surface area contributed by atoms with E-state index in [4.69, 9.17) is 0 Å². The second-order valence-electron chi connectivity index (χ2n) is 4.37. The molecule has 0 N–H and O–H groups in total. The predicted molar refractivity (Wildman–Crippen MR) is 68.7 cm³/mol. The highest BCUT2D eigenvalue weighted by molar-refractivity contribution is 5.96.